The Bertz CT molecular complexity index is 1790. The first-order valence-electron chi connectivity index (χ1n) is 13.7. The highest BCUT2D eigenvalue weighted by molar-refractivity contribution is 5.83. The Balaban J connectivity index is 1.28. The van der Waals surface area contributed by atoms with E-state index >= 15 is 4.39 Å². The molecule has 2 aromatic carbocycles. The van der Waals surface area contributed by atoms with Crippen LogP contribution in [0.1, 0.15) is 49.3 Å². The fourth-order valence-corrected chi connectivity index (χ4v) is 5.37. The zero-order chi connectivity index (χ0) is 28.3. The van der Waals surface area contributed by atoms with E-state index in [1.807, 2.05) is 6.07 Å². The van der Waals surface area contributed by atoms with E-state index in [4.69, 9.17) is 9.40 Å². The molecule has 0 saturated heterocycles. The molecule has 210 valence electrons. The number of aliphatic hydroxyl groups is 1. The number of benzene rings is 2. The Morgan fingerprint density at radius 3 is 2.59 bits per heavy atom. The molecule has 3 heterocycles. The minimum atomic E-state index is -1.12. The van der Waals surface area contributed by atoms with E-state index in [9.17, 15) is 13.9 Å². The molecule has 2 N–H and O–H groups in total. The van der Waals surface area contributed by atoms with E-state index in [-0.39, 0.29) is 35.0 Å². The average molecular weight is 561 g/mol. The predicted molar refractivity (Wildman–Crippen MR) is 145 cm³/mol. The second kappa shape index (κ2) is 9.78. The number of aromatic nitrogens is 5. The maximum absolute atomic E-state index is 15.1. The highest BCUT2D eigenvalue weighted by Gasteiger charge is 2.34. The van der Waals surface area contributed by atoms with Crippen molar-refractivity contribution in [3.63, 3.8) is 0 Å². The smallest absolute Gasteiger partial charge is 0.246 e. The van der Waals surface area contributed by atoms with E-state index < -0.39 is 23.1 Å². The number of hydrogen-bond acceptors (Lipinski definition) is 7. The molecule has 0 amide bonds. The molecule has 2 fully saturated rings. The van der Waals surface area contributed by atoms with Crippen molar-refractivity contribution < 1.29 is 22.7 Å². The van der Waals surface area contributed by atoms with E-state index in [1.54, 1.807) is 30.1 Å². The molecule has 2 saturated carbocycles. The van der Waals surface area contributed by atoms with Crippen molar-refractivity contribution in [2.24, 2.45) is 7.05 Å². The van der Waals surface area contributed by atoms with Crippen LogP contribution >= 0.6 is 0 Å². The third-order valence-corrected chi connectivity index (χ3v) is 8.00. The Labute approximate surface area is 233 Å². The molecular weight excluding hydrogens is 533 g/mol. The fraction of sp³-hybridized carbons (Fsp3) is 0.333. The van der Waals surface area contributed by atoms with Gasteiger partial charge in [0.15, 0.2) is 17.2 Å². The molecule has 41 heavy (non-hydrogen) atoms. The molecule has 2 aliphatic carbocycles. The highest BCUT2D eigenvalue weighted by atomic mass is 19.2. The summed E-state index contributed by atoms with van der Waals surface area (Å²) >= 11 is 0. The van der Waals surface area contributed by atoms with Gasteiger partial charge in [0.1, 0.15) is 23.4 Å². The molecule has 5 aromatic rings. The zero-order valence-electron chi connectivity index (χ0n) is 22.3. The van der Waals surface area contributed by atoms with Crippen LogP contribution in [0.4, 0.5) is 13.2 Å². The Kier molecular flexibility index (Phi) is 6.16. The van der Waals surface area contributed by atoms with Gasteiger partial charge in [-0.25, -0.2) is 18.7 Å². The molecule has 2 aliphatic rings. The SMILES string of the molecule is Cn1cnnc1-c1cc(F)ccc1-c1cc(-c2nc3cc(CNCC4(O)CCC4)c(F)c(F)c3o2)nc(C2CC2)c1. The number of nitrogens with zero attached hydrogens (tertiary/aromatic N) is 5. The molecule has 7 rings (SSSR count). The molecular formula is C30H27F3N6O2. The van der Waals surface area contributed by atoms with Crippen LogP contribution in [0.3, 0.4) is 0 Å². The van der Waals surface area contributed by atoms with Crippen molar-refractivity contribution >= 4 is 11.1 Å². The van der Waals surface area contributed by atoms with Gasteiger partial charge in [0.05, 0.1) is 5.60 Å². The van der Waals surface area contributed by atoms with Crippen molar-refractivity contribution in [1.29, 1.82) is 0 Å². The second-order valence-electron chi connectivity index (χ2n) is 11.1. The van der Waals surface area contributed by atoms with Gasteiger partial charge in [-0.2, -0.15) is 4.39 Å². The van der Waals surface area contributed by atoms with Crippen LogP contribution in [-0.4, -0.2) is 42.0 Å². The highest BCUT2D eigenvalue weighted by Crippen LogP contribution is 2.43. The number of hydrogen-bond donors (Lipinski definition) is 2. The third kappa shape index (κ3) is 4.78. The van der Waals surface area contributed by atoms with Gasteiger partial charge < -0.3 is 19.4 Å². The fourth-order valence-electron chi connectivity index (χ4n) is 5.37. The molecule has 0 unspecified atom stereocenters. The molecule has 0 spiro atoms. The third-order valence-electron chi connectivity index (χ3n) is 8.00. The minimum absolute atomic E-state index is 0.0398. The van der Waals surface area contributed by atoms with Gasteiger partial charge in [-0.1, -0.05) is 6.07 Å². The van der Waals surface area contributed by atoms with Crippen LogP contribution in [0.2, 0.25) is 0 Å². The Morgan fingerprint density at radius 1 is 1.05 bits per heavy atom. The summed E-state index contributed by atoms with van der Waals surface area (Å²) < 4.78 is 51.9. The zero-order valence-corrected chi connectivity index (χ0v) is 22.3. The summed E-state index contributed by atoms with van der Waals surface area (Å²) in [4.78, 5) is 9.25. The van der Waals surface area contributed by atoms with Gasteiger partial charge in [-0.05, 0) is 73.6 Å². The van der Waals surface area contributed by atoms with E-state index in [0.717, 1.165) is 30.5 Å². The topological polar surface area (TPSA) is 102 Å². The lowest BCUT2D eigenvalue weighted by atomic mass is 9.80. The quantitative estimate of drug-likeness (QED) is 0.253. The normalized spacial score (nSPS) is 16.3. The number of pyridine rings is 1. The maximum atomic E-state index is 15.1. The molecule has 11 heteroatoms. The van der Waals surface area contributed by atoms with Crippen molar-refractivity contribution in [1.82, 2.24) is 30.0 Å². The van der Waals surface area contributed by atoms with E-state index in [0.29, 0.717) is 42.0 Å². The minimum Gasteiger partial charge on any atom is -0.431 e. The van der Waals surface area contributed by atoms with Gasteiger partial charge in [0.2, 0.25) is 11.7 Å². The van der Waals surface area contributed by atoms with Crippen LogP contribution in [-0.2, 0) is 13.6 Å². The number of aryl methyl sites for hydroxylation is 1. The van der Waals surface area contributed by atoms with Crippen LogP contribution in [0.15, 0.2) is 47.1 Å². The van der Waals surface area contributed by atoms with Crippen LogP contribution in [0.25, 0.3) is 45.2 Å². The van der Waals surface area contributed by atoms with E-state index in [2.05, 4.69) is 20.5 Å². The van der Waals surface area contributed by atoms with Gasteiger partial charge >= 0.3 is 0 Å². The van der Waals surface area contributed by atoms with E-state index in [1.165, 1.54) is 18.2 Å². The van der Waals surface area contributed by atoms with Crippen LogP contribution in [0.5, 0.6) is 0 Å². The summed E-state index contributed by atoms with van der Waals surface area (Å²) in [5.41, 5.74) is 2.37. The first-order valence-corrected chi connectivity index (χ1v) is 13.7. The van der Waals surface area contributed by atoms with Crippen molar-refractivity contribution in [2.75, 3.05) is 6.54 Å². The summed E-state index contributed by atoms with van der Waals surface area (Å²) in [5, 5.41) is 21.4. The second-order valence-corrected chi connectivity index (χ2v) is 11.1. The molecule has 0 atom stereocenters. The first-order chi connectivity index (χ1) is 19.8. The van der Waals surface area contributed by atoms with Crippen LogP contribution < -0.4 is 5.32 Å². The molecule has 0 bridgehead atoms. The standard InChI is InChI=1S/C30H27F3N6O2/c1-39-15-35-38-28(39)21-12-19(31)5-6-20(21)17-9-22(16-3-4-16)36-24(10-17)29-37-23-11-18(25(32)26(33)27(23)41-29)13-34-14-30(40)7-2-8-30/h5-6,9-12,15-16,34,40H,2-4,7-8,13-14H2,1H3. The lowest BCUT2D eigenvalue weighted by Gasteiger charge is -2.36. The molecule has 8 nitrogen and oxygen atoms in total. The Hall–Kier alpha value is -4.09. The van der Waals surface area contributed by atoms with Crippen molar-refractivity contribution in [2.45, 2.75) is 50.2 Å². The number of rotatable bonds is 8. The summed E-state index contributed by atoms with van der Waals surface area (Å²) in [5.74, 6) is -1.74. The average Bonchev–Trinajstić information content (AvgIpc) is 3.57. The summed E-state index contributed by atoms with van der Waals surface area (Å²) in [6.07, 6.45) is 5.84. The summed E-state index contributed by atoms with van der Waals surface area (Å²) in [6, 6.07) is 9.62. The predicted octanol–water partition coefficient (Wildman–Crippen LogP) is 5.65. The van der Waals surface area contributed by atoms with Gasteiger partial charge in [-0.15, -0.1) is 10.2 Å². The number of halogens is 3. The largest absolute Gasteiger partial charge is 0.431 e. The maximum Gasteiger partial charge on any atom is 0.246 e. The monoisotopic (exact) mass is 560 g/mol. The molecule has 0 aliphatic heterocycles. The van der Waals surface area contributed by atoms with Crippen LogP contribution in [0, 0.1) is 17.5 Å². The summed E-state index contributed by atoms with van der Waals surface area (Å²) in [6.45, 7) is 0.342. The van der Waals surface area contributed by atoms with Gasteiger partial charge in [0.25, 0.3) is 0 Å². The lowest BCUT2D eigenvalue weighted by Crippen LogP contribution is -2.46. The Morgan fingerprint density at radius 2 is 1.88 bits per heavy atom. The lowest BCUT2D eigenvalue weighted by molar-refractivity contribution is -0.0315. The van der Waals surface area contributed by atoms with Gasteiger partial charge in [0, 0.05) is 42.9 Å². The van der Waals surface area contributed by atoms with Gasteiger partial charge in [-0.3, -0.25) is 0 Å². The number of oxazole rings is 1. The first kappa shape index (κ1) is 25.8. The number of fused-ring (bicyclic) bond motifs is 1. The molecule has 3 aromatic heterocycles. The molecule has 0 radical (unpaired) electrons. The number of nitrogens with one attached hydrogen (secondary N) is 1. The van der Waals surface area contributed by atoms with Crippen molar-refractivity contribution in [3.05, 3.63) is 71.4 Å². The summed E-state index contributed by atoms with van der Waals surface area (Å²) in [7, 11) is 1.78. The van der Waals surface area contributed by atoms with Crippen molar-refractivity contribution in [3.8, 4) is 34.1 Å².